The maximum atomic E-state index is 14.1. The molecule has 1 atom stereocenters. The minimum Gasteiger partial charge on any atom is -0.478 e. The molecule has 0 saturated carbocycles. The van der Waals surface area contributed by atoms with E-state index in [1.54, 1.807) is 35.8 Å². The smallest absolute Gasteiger partial charge is 0.335 e. The van der Waals surface area contributed by atoms with E-state index in [1.807, 2.05) is 92.1 Å². The van der Waals surface area contributed by atoms with E-state index >= 15 is 0 Å². The third kappa shape index (κ3) is 5.22. The number of carboxylic acid groups (broad SMARTS) is 1. The number of rotatable bonds is 6. The number of carbonyl (C=O) groups is 2. The summed E-state index contributed by atoms with van der Waals surface area (Å²) in [6.07, 6.45) is 1.86. The number of hydrogen-bond donors (Lipinski definition) is 2. The Kier molecular flexibility index (Phi) is 7.48. The Morgan fingerprint density at radius 1 is 0.932 bits per heavy atom. The summed E-state index contributed by atoms with van der Waals surface area (Å²) in [6.45, 7) is 7.74. The van der Waals surface area contributed by atoms with Crippen molar-refractivity contribution in [2.75, 3.05) is 5.32 Å². The molecule has 0 spiro atoms. The van der Waals surface area contributed by atoms with Crippen molar-refractivity contribution in [3.05, 3.63) is 150 Å². The molecule has 3 aromatic carbocycles. The van der Waals surface area contributed by atoms with E-state index in [0.29, 0.717) is 26.3 Å². The number of fused-ring (bicyclic) bond motifs is 1. The van der Waals surface area contributed by atoms with Gasteiger partial charge in [0.05, 0.1) is 27.4 Å². The zero-order valence-electron chi connectivity index (χ0n) is 24.7. The maximum Gasteiger partial charge on any atom is 0.335 e. The summed E-state index contributed by atoms with van der Waals surface area (Å²) in [7, 11) is 0. The second-order valence-corrected chi connectivity index (χ2v) is 11.8. The van der Waals surface area contributed by atoms with Crippen molar-refractivity contribution in [2.24, 2.45) is 4.99 Å². The van der Waals surface area contributed by atoms with Crippen LogP contribution in [0.3, 0.4) is 0 Å². The highest BCUT2D eigenvalue weighted by molar-refractivity contribution is 7.07. The Labute approximate surface area is 257 Å². The number of nitrogens with zero attached hydrogens (tertiary/aromatic N) is 3. The van der Waals surface area contributed by atoms with Gasteiger partial charge in [-0.1, -0.05) is 59.4 Å². The molecule has 1 amide bonds. The standard InChI is InChI=1S/C35H30N4O4S/c1-20-10-12-24(13-11-20)31-30(32(40)37-27-8-6-5-7-9-27)22(3)36-35-39(31)33(41)29(44-35)19-26-18-21(2)38(23(26)4)28-16-14-25(15-17-28)34(42)43/h5-19,31H,1-4H3,(H,37,40)(H,42,43)/b29-19-/t31-/m0/s1. The van der Waals surface area contributed by atoms with Crippen LogP contribution in [-0.2, 0) is 4.79 Å². The van der Waals surface area contributed by atoms with Gasteiger partial charge in [0, 0.05) is 22.8 Å². The number of thiazole rings is 1. The molecular formula is C35H30N4O4S. The van der Waals surface area contributed by atoms with E-state index in [4.69, 9.17) is 4.99 Å². The molecular weight excluding hydrogens is 572 g/mol. The molecule has 220 valence electrons. The fourth-order valence-corrected chi connectivity index (χ4v) is 6.66. The van der Waals surface area contributed by atoms with Crippen LogP contribution in [-0.4, -0.2) is 26.1 Å². The summed E-state index contributed by atoms with van der Waals surface area (Å²) in [5, 5.41) is 12.3. The lowest BCUT2D eigenvalue weighted by Crippen LogP contribution is -2.40. The molecule has 5 aromatic rings. The van der Waals surface area contributed by atoms with Gasteiger partial charge in [0.2, 0.25) is 0 Å². The first kappa shape index (κ1) is 28.8. The number of carbonyl (C=O) groups excluding carboxylic acids is 1. The van der Waals surface area contributed by atoms with Crippen molar-refractivity contribution in [1.29, 1.82) is 0 Å². The van der Waals surface area contributed by atoms with Crippen LogP contribution in [0.2, 0.25) is 0 Å². The molecule has 8 nitrogen and oxygen atoms in total. The van der Waals surface area contributed by atoms with Gasteiger partial charge in [-0.15, -0.1) is 0 Å². The molecule has 1 aliphatic heterocycles. The zero-order valence-corrected chi connectivity index (χ0v) is 25.5. The molecule has 1 aliphatic rings. The van der Waals surface area contributed by atoms with Gasteiger partial charge >= 0.3 is 5.97 Å². The number of allylic oxidation sites excluding steroid dienone is 1. The number of benzene rings is 3. The van der Waals surface area contributed by atoms with Crippen molar-refractivity contribution in [3.8, 4) is 5.69 Å². The van der Waals surface area contributed by atoms with Crippen LogP contribution in [0.5, 0.6) is 0 Å². The SMILES string of the molecule is CC1=C(C(=O)Nc2ccccc2)[C@H](c2ccc(C)cc2)n2c(s/c(=C\c3cc(C)n(-c4ccc(C(=O)O)cc4)c3C)c2=O)=N1. The molecule has 0 fully saturated rings. The number of hydrogen-bond acceptors (Lipinski definition) is 5. The second-order valence-electron chi connectivity index (χ2n) is 10.8. The zero-order chi connectivity index (χ0) is 31.1. The van der Waals surface area contributed by atoms with Gasteiger partial charge in [-0.25, -0.2) is 9.79 Å². The normalized spacial score (nSPS) is 14.7. The summed E-state index contributed by atoms with van der Waals surface area (Å²) in [6, 6.07) is 25.1. The summed E-state index contributed by atoms with van der Waals surface area (Å²) in [5.41, 5.74) is 7.05. The Balaban J connectivity index is 1.46. The summed E-state index contributed by atoms with van der Waals surface area (Å²) in [4.78, 5) is 44.5. The fraction of sp³-hybridized carbons (Fsp3) is 0.143. The molecule has 6 rings (SSSR count). The number of anilines is 1. The van der Waals surface area contributed by atoms with Crippen molar-refractivity contribution in [1.82, 2.24) is 9.13 Å². The molecule has 0 unspecified atom stereocenters. The van der Waals surface area contributed by atoms with Gasteiger partial charge in [-0.05, 0) is 87.4 Å². The molecule has 3 heterocycles. The van der Waals surface area contributed by atoms with Crippen LogP contribution in [0.15, 0.2) is 106 Å². The molecule has 0 saturated heterocycles. The van der Waals surface area contributed by atoms with Crippen LogP contribution in [0.4, 0.5) is 5.69 Å². The molecule has 0 radical (unpaired) electrons. The minimum absolute atomic E-state index is 0.216. The second kappa shape index (κ2) is 11.4. The van der Waals surface area contributed by atoms with Crippen LogP contribution in [0, 0.1) is 20.8 Å². The van der Waals surface area contributed by atoms with Crippen LogP contribution >= 0.6 is 11.3 Å². The lowest BCUT2D eigenvalue weighted by Gasteiger charge is -2.25. The van der Waals surface area contributed by atoms with Crippen molar-refractivity contribution < 1.29 is 14.7 Å². The first-order valence-corrected chi connectivity index (χ1v) is 14.9. The summed E-state index contributed by atoms with van der Waals surface area (Å²) in [5.74, 6) is -1.29. The van der Waals surface area contributed by atoms with E-state index in [2.05, 4.69) is 5.32 Å². The Morgan fingerprint density at radius 3 is 2.27 bits per heavy atom. The highest BCUT2D eigenvalue weighted by atomic mass is 32.1. The number of amides is 1. The molecule has 0 bridgehead atoms. The minimum atomic E-state index is -0.978. The third-order valence-corrected chi connectivity index (χ3v) is 8.80. The van der Waals surface area contributed by atoms with E-state index < -0.39 is 12.0 Å². The van der Waals surface area contributed by atoms with E-state index in [9.17, 15) is 19.5 Å². The van der Waals surface area contributed by atoms with Gasteiger partial charge in [-0.3, -0.25) is 14.2 Å². The molecule has 0 aliphatic carbocycles. The lowest BCUT2D eigenvalue weighted by atomic mass is 9.94. The Bertz CT molecular complexity index is 2140. The largest absolute Gasteiger partial charge is 0.478 e. The first-order chi connectivity index (χ1) is 21.1. The van der Waals surface area contributed by atoms with Gasteiger partial charge < -0.3 is 15.0 Å². The van der Waals surface area contributed by atoms with Crippen molar-refractivity contribution in [3.63, 3.8) is 0 Å². The Morgan fingerprint density at radius 2 is 1.61 bits per heavy atom. The van der Waals surface area contributed by atoms with Gasteiger partial charge in [0.15, 0.2) is 4.80 Å². The number of nitrogens with one attached hydrogen (secondary N) is 1. The number of aromatic carboxylic acids is 1. The maximum absolute atomic E-state index is 14.1. The van der Waals surface area contributed by atoms with Crippen molar-refractivity contribution >= 4 is 35.0 Å². The molecule has 2 N–H and O–H groups in total. The average molecular weight is 603 g/mol. The number of carboxylic acids is 1. The van der Waals surface area contributed by atoms with Gasteiger partial charge in [0.1, 0.15) is 0 Å². The predicted octanol–water partition coefficient (Wildman–Crippen LogP) is 5.29. The number of aryl methyl sites for hydroxylation is 2. The van der Waals surface area contributed by atoms with E-state index in [1.165, 1.54) is 11.3 Å². The predicted molar refractivity (Wildman–Crippen MR) is 172 cm³/mol. The molecule has 2 aromatic heterocycles. The monoisotopic (exact) mass is 602 g/mol. The number of para-hydroxylation sites is 1. The lowest BCUT2D eigenvalue weighted by molar-refractivity contribution is -0.113. The topological polar surface area (TPSA) is 106 Å². The fourth-order valence-electron chi connectivity index (χ4n) is 5.62. The van der Waals surface area contributed by atoms with Crippen molar-refractivity contribution in [2.45, 2.75) is 33.7 Å². The summed E-state index contributed by atoms with van der Waals surface area (Å²) < 4.78 is 4.15. The summed E-state index contributed by atoms with van der Waals surface area (Å²) >= 11 is 1.29. The quantitative estimate of drug-likeness (QED) is 0.276. The van der Waals surface area contributed by atoms with E-state index in [-0.39, 0.29) is 17.0 Å². The number of aromatic nitrogens is 2. The molecule has 9 heteroatoms. The van der Waals surface area contributed by atoms with Crippen LogP contribution in [0.25, 0.3) is 11.8 Å². The average Bonchev–Trinajstić information content (AvgIpc) is 3.46. The third-order valence-electron chi connectivity index (χ3n) is 7.82. The van der Waals surface area contributed by atoms with Crippen LogP contribution in [0.1, 0.15) is 51.4 Å². The van der Waals surface area contributed by atoms with Gasteiger partial charge in [0.25, 0.3) is 11.5 Å². The highest BCUT2D eigenvalue weighted by Crippen LogP contribution is 2.31. The van der Waals surface area contributed by atoms with Crippen LogP contribution < -0.4 is 20.2 Å². The molecule has 44 heavy (non-hydrogen) atoms. The Hall–Kier alpha value is -5.28. The highest BCUT2D eigenvalue weighted by Gasteiger charge is 2.32. The first-order valence-electron chi connectivity index (χ1n) is 14.1. The van der Waals surface area contributed by atoms with Gasteiger partial charge in [-0.2, -0.15) is 0 Å². The van der Waals surface area contributed by atoms with E-state index in [0.717, 1.165) is 33.8 Å².